The van der Waals surface area contributed by atoms with E-state index in [1.165, 1.54) is 15.2 Å². The normalized spacial score (nSPS) is 15.0. The SMILES string of the molecule is Cn1cnc(S(=O)(=O)N2CCCc3cc(Br)cc(Cl)c32)c1Cl. The van der Waals surface area contributed by atoms with Crippen LogP contribution in [0.1, 0.15) is 12.0 Å². The van der Waals surface area contributed by atoms with Crippen LogP contribution in [-0.4, -0.2) is 24.5 Å². The van der Waals surface area contributed by atoms with Crippen molar-refractivity contribution in [2.45, 2.75) is 17.9 Å². The van der Waals surface area contributed by atoms with Crippen molar-refractivity contribution in [1.29, 1.82) is 0 Å². The van der Waals surface area contributed by atoms with Crippen LogP contribution in [0.2, 0.25) is 10.2 Å². The van der Waals surface area contributed by atoms with E-state index in [-0.39, 0.29) is 10.2 Å². The van der Waals surface area contributed by atoms with Crippen molar-refractivity contribution in [3.8, 4) is 0 Å². The van der Waals surface area contributed by atoms with Gasteiger partial charge in [-0.15, -0.1) is 0 Å². The van der Waals surface area contributed by atoms with E-state index >= 15 is 0 Å². The van der Waals surface area contributed by atoms with Gasteiger partial charge in [0.25, 0.3) is 10.0 Å². The van der Waals surface area contributed by atoms with Gasteiger partial charge in [0.2, 0.25) is 5.03 Å². The molecule has 1 aromatic carbocycles. The minimum absolute atomic E-state index is 0.0837. The zero-order valence-electron chi connectivity index (χ0n) is 11.6. The van der Waals surface area contributed by atoms with Gasteiger partial charge in [0.1, 0.15) is 5.15 Å². The van der Waals surface area contributed by atoms with Gasteiger partial charge >= 0.3 is 0 Å². The lowest BCUT2D eigenvalue weighted by Gasteiger charge is -2.30. The summed E-state index contributed by atoms with van der Waals surface area (Å²) >= 11 is 15.7. The Morgan fingerprint density at radius 1 is 1.32 bits per heavy atom. The van der Waals surface area contributed by atoms with Crippen LogP contribution >= 0.6 is 39.1 Å². The first-order valence-corrected chi connectivity index (χ1v) is 9.48. The zero-order chi connectivity index (χ0) is 16.1. The Labute approximate surface area is 147 Å². The molecule has 0 aliphatic carbocycles. The average molecular weight is 425 g/mol. The fraction of sp³-hybridized carbons (Fsp3) is 0.308. The lowest BCUT2D eigenvalue weighted by molar-refractivity contribution is 0.583. The largest absolute Gasteiger partial charge is 0.324 e. The first kappa shape index (κ1) is 16.1. The van der Waals surface area contributed by atoms with Gasteiger partial charge in [-0.05, 0) is 30.5 Å². The molecule has 3 rings (SSSR count). The maximum absolute atomic E-state index is 12.9. The second-order valence-electron chi connectivity index (χ2n) is 5.03. The number of fused-ring (bicyclic) bond motifs is 1. The molecule has 0 unspecified atom stereocenters. The minimum atomic E-state index is -3.85. The molecule has 1 aliphatic rings. The number of benzene rings is 1. The van der Waals surface area contributed by atoms with Gasteiger partial charge in [-0.3, -0.25) is 4.31 Å². The van der Waals surface area contributed by atoms with E-state index in [9.17, 15) is 8.42 Å². The quantitative estimate of drug-likeness (QED) is 0.739. The number of aromatic nitrogens is 2. The van der Waals surface area contributed by atoms with Crippen molar-refractivity contribution in [3.05, 3.63) is 38.7 Å². The third-order valence-corrected chi connectivity index (χ3v) is 6.57. The molecule has 0 bridgehead atoms. The summed E-state index contributed by atoms with van der Waals surface area (Å²) in [5.74, 6) is 0. The van der Waals surface area contributed by atoms with Crippen molar-refractivity contribution in [3.63, 3.8) is 0 Å². The fourth-order valence-corrected chi connectivity index (χ4v) is 5.51. The highest BCUT2D eigenvalue weighted by Gasteiger charge is 2.34. The molecule has 0 radical (unpaired) electrons. The molecule has 5 nitrogen and oxygen atoms in total. The van der Waals surface area contributed by atoms with Crippen molar-refractivity contribution in [1.82, 2.24) is 9.55 Å². The molecule has 2 aromatic rings. The second kappa shape index (κ2) is 5.70. The standard InChI is InChI=1S/C13H12BrCl2N3O2S/c1-18-7-17-13(12(18)16)22(20,21)19-4-2-3-8-5-9(14)6-10(15)11(8)19/h5-7H,2-4H2,1H3. The van der Waals surface area contributed by atoms with Crippen molar-refractivity contribution in [2.75, 3.05) is 10.8 Å². The molecule has 0 amide bonds. The number of rotatable bonds is 2. The number of anilines is 1. The summed E-state index contributed by atoms with van der Waals surface area (Å²) in [6.45, 7) is 0.351. The van der Waals surface area contributed by atoms with Crippen LogP contribution < -0.4 is 4.31 Å². The highest BCUT2D eigenvalue weighted by Crippen LogP contribution is 2.40. The highest BCUT2D eigenvalue weighted by atomic mass is 79.9. The molecular formula is C13H12BrCl2N3O2S. The van der Waals surface area contributed by atoms with Crippen LogP contribution in [0.3, 0.4) is 0 Å². The van der Waals surface area contributed by atoms with Gasteiger partial charge in [0.15, 0.2) is 0 Å². The zero-order valence-corrected chi connectivity index (χ0v) is 15.5. The Bertz CT molecular complexity index is 851. The molecule has 0 N–H and O–H groups in total. The van der Waals surface area contributed by atoms with Gasteiger partial charge in [-0.2, -0.15) is 8.42 Å². The Balaban J connectivity index is 2.17. The Hall–Kier alpha value is -0.760. The molecule has 1 aromatic heterocycles. The van der Waals surface area contributed by atoms with E-state index in [4.69, 9.17) is 23.2 Å². The Morgan fingerprint density at radius 2 is 2.05 bits per heavy atom. The molecule has 0 fully saturated rings. The second-order valence-corrected chi connectivity index (χ2v) is 8.49. The molecule has 118 valence electrons. The molecular weight excluding hydrogens is 413 g/mol. The van der Waals surface area contributed by atoms with Crippen LogP contribution in [0.4, 0.5) is 5.69 Å². The first-order chi connectivity index (χ1) is 10.3. The molecule has 1 aliphatic heterocycles. The van der Waals surface area contributed by atoms with Gasteiger partial charge in [-0.25, -0.2) is 4.98 Å². The number of aryl methyl sites for hydroxylation is 2. The molecule has 9 heteroatoms. The number of halogens is 3. The topological polar surface area (TPSA) is 55.2 Å². The van der Waals surface area contributed by atoms with Crippen LogP contribution in [0.5, 0.6) is 0 Å². The maximum Gasteiger partial charge on any atom is 0.285 e. The maximum atomic E-state index is 12.9. The number of imidazole rings is 1. The van der Waals surface area contributed by atoms with Crippen molar-refractivity contribution in [2.24, 2.45) is 7.05 Å². The minimum Gasteiger partial charge on any atom is -0.324 e. The molecule has 22 heavy (non-hydrogen) atoms. The Morgan fingerprint density at radius 3 is 2.68 bits per heavy atom. The lowest BCUT2D eigenvalue weighted by Crippen LogP contribution is -2.36. The third-order valence-electron chi connectivity index (χ3n) is 3.53. The van der Waals surface area contributed by atoms with Crippen LogP contribution in [0, 0.1) is 0 Å². The molecule has 2 heterocycles. The van der Waals surface area contributed by atoms with E-state index < -0.39 is 10.0 Å². The summed E-state index contributed by atoms with van der Waals surface area (Å²) in [6.07, 6.45) is 2.86. The molecule has 0 spiro atoms. The smallest absolute Gasteiger partial charge is 0.285 e. The van der Waals surface area contributed by atoms with E-state index in [0.29, 0.717) is 23.7 Å². The van der Waals surface area contributed by atoms with E-state index in [1.54, 1.807) is 13.1 Å². The van der Waals surface area contributed by atoms with Gasteiger partial charge in [-0.1, -0.05) is 39.1 Å². The highest BCUT2D eigenvalue weighted by molar-refractivity contribution is 9.10. The predicted octanol–water partition coefficient (Wildman–Crippen LogP) is 3.63. The monoisotopic (exact) mass is 423 g/mol. The summed E-state index contributed by atoms with van der Waals surface area (Å²) < 4.78 is 29.4. The van der Waals surface area contributed by atoms with Crippen LogP contribution in [0.25, 0.3) is 0 Å². The molecule has 0 saturated carbocycles. The summed E-state index contributed by atoms with van der Waals surface area (Å²) in [6, 6.07) is 3.58. The van der Waals surface area contributed by atoms with Gasteiger partial charge in [0, 0.05) is 18.1 Å². The van der Waals surface area contributed by atoms with Crippen LogP contribution in [0.15, 0.2) is 28.0 Å². The fourth-order valence-electron chi connectivity index (χ4n) is 2.53. The third kappa shape index (κ3) is 2.54. The van der Waals surface area contributed by atoms with Crippen molar-refractivity contribution < 1.29 is 8.42 Å². The lowest BCUT2D eigenvalue weighted by atomic mass is 10.0. The summed E-state index contributed by atoms with van der Waals surface area (Å²) in [5, 5.41) is 0.323. The number of hydrogen-bond acceptors (Lipinski definition) is 3. The average Bonchev–Trinajstić information content (AvgIpc) is 2.78. The van der Waals surface area contributed by atoms with Crippen LogP contribution in [-0.2, 0) is 23.5 Å². The number of hydrogen-bond donors (Lipinski definition) is 0. The van der Waals surface area contributed by atoms with Gasteiger partial charge in [0.05, 0.1) is 17.0 Å². The molecule has 0 atom stereocenters. The van der Waals surface area contributed by atoms with Crippen molar-refractivity contribution >= 4 is 54.8 Å². The summed E-state index contributed by atoms with van der Waals surface area (Å²) in [7, 11) is -2.21. The molecule has 0 saturated heterocycles. The van der Waals surface area contributed by atoms with E-state index in [0.717, 1.165) is 16.5 Å². The number of sulfonamides is 1. The number of nitrogens with zero attached hydrogens (tertiary/aromatic N) is 3. The van der Waals surface area contributed by atoms with E-state index in [1.807, 2.05) is 6.07 Å². The first-order valence-electron chi connectivity index (χ1n) is 6.50. The van der Waals surface area contributed by atoms with Gasteiger partial charge < -0.3 is 4.57 Å². The Kier molecular flexibility index (Phi) is 4.18. The summed E-state index contributed by atoms with van der Waals surface area (Å²) in [4.78, 5) is 3.93. The summed E-state index contributed by atoms with van der Waals surface area (Å²) in [5.41, 5.74) is 1.40. The predicted molar refractivity (Wildman–Crippen MR) is 90.2 cm³/mol. The van der Waals surface area contributed by atoms with E-state index in [2.05, 4.69) is 20.9 Å².